The number of aromatic nitrogens is 2. The molecule has 138 valence electrons. The molecule has 0 bridgehead atoms. The Morgan fingerprint density at radius 2 is 2.11 bits per heavy atom. The van der Waals surface area contributed by atoms with Gasteiger partial charge in [-0.2, -0.15) is 0 Å². The largest absolute Gasteiger partial charge is 0.352 e. The maximum Gasteiger partial charge on any atom is 0.173 e. The number of thiophene rings is 1. The van der Waals surface area contributed by atoms with E-state index in [9.17, 15) is 4.39 Å². The number of rotatable bonds is 3. The minimum atomic E-state index is -0.310. The van der Waals surface area contributed by atoms with Crippen molar-refractivity contribution in [2.24, 2.45) is 0 Å². The lowest BCUT2D eigenvalue weighted by molar-refractivity contribution is 0.415. The van der Waals surface area contributed by atoms with E-state index in [0.717, 1.165) is 33.6 Å². The molecule has 27 heavy (non-hydrogen) atoms. The van der Waals surface area contributed by atoms with Crippen LogP contribution in [0.1, 0.15) is 31.1 Å². The van der Waals surface area contributed by atoms with Gasteiger partial charge in [0.05, 0.1) is 21.6 Å². The Bertz CT molecular complexity index is 1150. The molecular formula is C20H19FN4S2. The molecule has 4 nitrogen and oxygen atoms in total. The fourth-order valence-corrected chi connectivity index (χ4v) is 5.92. The van der Waals surface area contributed by atoms with E-state index >= 15 is 0 Å². The molecule has 3 aromatic heterocycles. The summed E-state index contributed by atoms with van der Waals surface area (Å²) in [5, 5.41) is 7.88. The molecule has 7 heteroatoms. The van der Waals surface area contributed by atoms with Crippen molar-refractivity contribution in [2.45, 2.75) is 31.7 Å². The summed E-state index contributed by atoms with van der Waals surface area (Å²) in [7, 11) is 0. The van der Waals surface area contributed by atoms with Gasteiger partial charge >= 0.3 is 0 Å². The number of anilines is 2. The first-order valence-electron chi connectivity index (χ1n) is 8.95. The molecule has 1 aromatic carbocycles. The van der Waals surface area contributed by atoms with Crippen molar-refractivity contribution in [2.75, 3.05) is 11.9 Å². The van der Waals surface area contributed by atoms with Gasteiger partial charge in [-0.3, -0.25) is 0 Å². The quantitative estimate of drug-likeness (QED) is 0.469. The molecule has 5 rings (SSSR count). The molecule has 4 aromatic rings. The monoisotopic (exact) mass is 398 g/mol. The zero-order chi connectivity index (χ0) is 18.6. The summed E-state index contributed by atoms with van der Waals surface area (Å²) >= 11 is 3.18. The highest BCUT2D eigenvalue weighted by atomic mass is 32.1. The van der Waals surface area contributed by atoms with E-state index in [-0.39, 0.29) is 11.4 Å². The summed E-state index contributed by atoms with van der Waals surface area (Å²) in [4.78, 5) is 11.0. The van der Waals surface area contributed by atoms with E-state index < -0.39 is 0 Å². The molecule has 1 saturated heterocycles. The Balaban J connectivity index is 1.56. The molecule has 0 aliphatic carbocycles. The van der Waals surface area contributed by atoms with Gasteiger partial charge in [0.15, 0.2) is 5.82 Å². The van der Waals surface area contributed by atoms with Gasteiger partial charge in [0, 0.05) is 27.9 Å². The summed E-state index contributed by atoms with van der Waals surface area (Å²) in [6.45, 7) is 5.53. The van der Waals surface area contributed by atoms with Crippen molar-refractivity contribution in [1.29, 1.82) is 0 Å². The van der Waals surface area contributed by atoms with E-state index in [4.69, 9.17) is 0 Å². The SMILES string of the molecule is CC1(C)NCCC1c1cc2c(Nc3ccc4scnc4c3F)ccnc2s1. The standard InChI is InChI=1S/C20H19FN4S2/c1-20(2)12(5-8-24-20)16-9-11-13(6-7-22-19(11)27-16)25-14-3-4-15-18(17(14)21)23-10-26-15/h3-4,6-7,9-10,12,24H,5,8H2,1-2H3,(H,22,25). The fourth-order valence-electron chi connectivity index (χ4n) is 3.90. The average Bonchev–Trinajstić information content (AvgIpc) is 3.34. The van der Waals surface area contributed by atoms with Crippen LogP contribution in [0.4, 0.5) is 15.8 Å². The summed E-state index contributed by atoms with van der Waals surface area (Å²) in [6.07, 6.45) is 2.90. The first-order chi connectivity index (χ1) is 13.0. The van der Waals surface area contributed by atoms with Crippen molar-refractivity contribution < 1.29 is 4.39 Å². The molecular weight excluding hydrogens is 379 g/mol. The maximum absolute atomic E-state index is 14.8. The highest BCUT2D eigenvalue weighted by molar-refractivity contribution is 7.18. The lowest BCUT2D eigenvalue weighted by atomic mass is 9.88. The van der Waals surface area contributed by atoms with Crippen LogP contribution < -0.4 is 10.6 Å². The number of fused-ring (bicyclic) bond motifs is 2. The second kappa shape index (κ2) is 6.22. The predicted molar refractivity (Wildman–Crippen MR) is 112 cm³/mol. The number of nitrogens with zero attached hydrogens (tertiary/aromatic N) is 2. The van der Waals surface area contributed by atoms with Crippen molar-refractivity contribution in [3.63, 3.8) is 0 Å². The number of halogens is 1. The molecule has 1 atom stereocenters. The van der Waals surface area contributed by atoms with E-state index in [1.54, 1.807) is 29.1 Å². The van der Waals surface area contributed by atoms with Gasteiger partial charge in [0.25, 0.3) is 0 Å². The number of benzene rings is 1. The highest BCUT2D eigenvalue weighted by Gasteiger charge is 2.36. The molecule has 0 amide bonds. The van der Waals surface area contributed by atoms with Gasteiger partial charge in [-0.25, -0.2) is 14.4 Å². The predicted octanol–water partition coefficient (Wildman–Crippen LogP) is 5.64. The zero-order valence-corrected chi connectivity index (χ0v) is 16.7. The summed E-state index contributed by atoms with van der Waals surface area (Å²) in [6, 6.07) is 7.80. The van der Waals surface area contributed by atoms with Crippen LogP contribution in [-0.4, -0.2) is 22.1 Å². The van der Waals surface area contributed by atoms with Gasteiger partial charge in [0.1, 0.15) is 10.3 Å². The number of hydrogen-bond donors (Lipinski definition) is 2. The Labute approximate surface area is 164 Å². The van der Waals surface area contributed by atoms with Crippen LogP contribution in [0.3, 0.4) is 0 Å². The zero-order valence-electron chi connectivity index (χ0n) is 15.0. The number of thiazole rings is 1. The molecule has 1 fully saturated rings. The van der Waals surface area contributed by atoms with Crippen LogP contribution in [0.25, 0.3) is 20.4 Å². The van der Waals surface area contributed by atoms with Crippen molar-refractivity contribution >= 4 is 54.5 Å². The van der Waals surface area contributed by atoms with E-state index in [2.05, 4.69) is 40.5 Å². The van der Waals surface area contributed by atoms with Crippen LogP contribution in [0.15, 0.2) is 36.0 Å². The number of pyridine rings is 1. The van der Waals surface area contributed by atoms with Gasteiger partial charge < -0.3 is 10.6 Å². The van der Waals surface area contributed by atoms with E-state index in [1.807, 2.05) is 12.1 Å². The van der Waals surface area contributed by atoms with Gasteiger partial charge in [0.2, 0.25) is 0 Å². The fraction of sp³-hybridized carbons (Fsp3) is 0.300. The third kappa shape index (κ3) is 2.81. The minimum Gasteiger partial charge on any atom is -0.352 e. The van der Waals surface area contributed by atoms with E-state index in [1.165, 1.54) is 16.2 Å². The molecule has 0 saturated carbocycles. The van der Waals surface area contributed by atoms with Crippen LogP contribution in [-0.2, 0) is 0 Å². The van der Waals surface area contributed by atoms with Crippen LogP contribution >= 0.6 is 22.7 Å². The lowest BCUT2D eigenvalue weighted by Gasteiger charge is -2.26. The van der Waals surface area contributed by atoms with E-state index in [0.29, 0.717) is 17.1 Å². The Morgan fingerprint density at radius 3 is 2.93 bits per heavy atom. The topological polar surface area (TPSA) is 49.8 Å². The lowest BCUT2D eigenvalue weighted by Crippen LogP contribution is -2.36. The Kier molecular flexibility index (Phi) is 3.93. The Morgan fingerprint density at radius 1 is 1.22 bits per heavy atom. The first kappa shape index (κ1) is 17.0. The van der Waals surface area contributed by atoms with Crippen LogP contribution in [0, 0.1) is 5.82 Å². The third-order valence-corrected chi connectivity index (χ3v) is 7.34. The Hall–Kier alpha value is -2.09. The maximum atomic E-state index is 14.8. The molecule has 2 N–H and O–H groups in total. The summed E-state index contributed by atoms with van der Waals surface area (Å²) < 4.78 is 15.7. The summed E-state index contributed by atoms with van der Waals surface area (Å²) in [5.74, 6) is 0.155. The minimum absolute atomic E-state index is 0.0796. The van der Waals surface area contributed by atoms with Gasteiger partial charge in [-0.05, 0) is 51.1 Å². The highest BCUT2D eigenvalue weighted by Crippen LogP contribution is 2.42. The molecule has 1 aliphatic rings. The average molecular weight is 399 g/mol. The van der Waals surface area contributed by atoms with Crippen molar-refractivity contribution in [3.8, 4) is 0 Å². The second-order valence-electron chi connectivity index (χ2n) is 7.47. The third-order valence-electron chi connectivity index (χ3n) is 5.39. The van der Waals surface area contributed by atoms with Crippen molar-refractivity contribution in [1.82, 2.24) is 15.3 Å². The normalized spacial score (nSPS) is 19.1. The van der Waals surface area contributed by atoms with Gasteiger partial charge in [-0.1, -0.05) is 0 Å². The molecule has 0 radical (unpaired) electrons. The smallest absolute Gasteiger partial charge is 0.173 e. The molecule has 1 aliphatic heterocycles. The summed E-state index contributed by atoms with van der Waals surface area (Å²) in [5.41, 5.74) is 3.48. The van der Waals surface area contributed by atoms with Crippen molar-refractivity contribution in [3.05, 3.63) is 46.7 Å². The molecule has 4 heterocycles. The number of hydrogen-bond acceptors (Lipinski definition) is 6. The first-order valence-corrected chi connectivity index (χ1v) is 10.6. The second-order valence-corrected chi connectivity index (χ2v) is 9.42. The van der Waals surface area contributed by atoms with Gasteiger partial charge in [-0.15, -0.1) is 22.7 Å². The van der Waals surface area contributed by atoms with Crippen LogP contribution in [0.5, 0.6) is 0 Å². The molecule has 0 spiro atoms. The number of nitrogens with one attached hydrogen (secondary N) is 2. The molecule has 1 unspecified atom stereocenters. The van der Waals surface area contributed by atoms with Crippen LogP contribution in [0.2, 0.25) is 0 Å².